The van der Waals surface area contributed by atoms with Crippen molar-refractivity contribution in [1.82, 2.24) is 14.9 Å². The van der Waals surface area contributed by atoms with Crippen LogP contribution in [0.1, 0.15) is 61.3 Å². The first-order valence-corrected chi connectivity index (χ1v) is 11.8. The van der Waals surface area contributed by atoms with Crippen LogP contribution in [-0.2, 0) is 12.8 Å². The molecule has 0 spiro atoms. The molecule has 1 fully saturated rings. The fourth-order valence-corrected chi connectivity index (χ4v) is 4.28. The van der Waals surface area contributed by atoms with E-state index < -0.39 is 0 Å². The van der Waals surface area contributed by atoms with Crippen LogP contribution >= 0.6 is 0 Å². The lowest BCUT2D eigenvalue weighted by atomic mass is 10.1. The Bertz CT molecular complexity index is 1040. The summed E-state index contributed by atoms with van der Waals surface area (Å²) in [5.41, 5.74) is 3.67. The zero-order valence-corrected chi connectivity index (χ0v) is 19.1. The third-order valence-electron chi connectivity index (χ3n) is 6.02. The van der Waals surface area contributed by atoms with Gasteiger partial charge in [0.25, 0.3) is 11.6 Å². The van der Waals surface area contributed by atoms with E-state index in [0.717, 1.165) is 42.7 Å². The van der Waals surface area contributed by atoms with Crippen molar-refractivity contribution in [3.05, 3.63) is 47.3 Å². The molecule has 1 aromatic carbocycles. The Labute approximate surface area is 189 Å². The van der Waals surface area contributed by atoms with Crippen LogP contribution in [0.4, 0.5) is 11.5 Å². The van der Waals surface area contributed by atoms with Crippen LogP contribution in [0.15, 0.2) is 34.7 Å². The molecule has 1 aliphatic heterocycles. The number of amides is 1. The average Bonchev–Trinajstić information content (AvgIpc) is 3.26. The van der Waals surface area contributed by atoms with Crippen LogP contribution < -0.4 is 10.6 Å². The molecule has 0 saturated carbocycles. The van der Waals surface area contributed by atoms with Gasteiger partial charge in [-0.1, -0.05) is 38.5 Å². The quantitative estimate of drug-likeness (QED) is 0.466. The van der Waals surface area contributed by atoms with Crippen LogP contribution in [0.5, 0.6) is 0 Å². The number of carbonyl (C=O) groups excluding carboxylic acids is 1. The van der Waals surface area contributed by atoms with Gasteiger partial charge in [0.2, 0.25) is 0 Å². The van der Waals surface area contributed by atoms with Crippen LogP contribution in [-0.4, -0.2) is 47.0 Å². The van der Waals surface area contributed by atoms with Crippen molar-refractivity contribution >= 4 is 28.6 Å². The smallest absolute Gasteiger partial charge is 0.256 e. The number of hydrogen-bond donors (Lipinski definition) is 2. The fraction of sp³-hybridized carbons (Fsp3) is 0.480. The van der Waals surface area contributed by atoms with E-state index in [-0.39, 0.29) is 5.91 Å². The zero-order chi connectivity index (χ0) is 22.3. The molecular formula is C25H33N5O2. The maximum atomic E-state index is 12.8. The molecule has 7 heteroatoms. The van der Waals surface area contributed by atoms with Gasteiger partial charge in [-0.15, -0.1) is 0 Å². The first-order chi connectivity index (χ1) is 15.7. The van der Waals surface area contributed by atoms with Gasteiger partial charge in [0.05, 0.1) is 5.69 Å². The average molecular weight is 436 g/mol. The summed E-state index contributed by atoms with van der Waals surface area (Å²) in [5.74, 6) is 1.00. The summed E-state index contributed by atoms with van der Waals surface area (Å²) in [6, 6.07) is 9.19. The van der Waals surface area contributed by atoms with Gasteiger partial charge in [-0.05, 0) is 57.5 Å². The monoisotopic (exact) mass is 435 g/mol. The molecule has 0 unspecified atom stereocenters. The van der Waals surface area contributed by atoms with Crippen molar-refractivity contribution in [1.29, 1.82) is 0 Å². The highest BCUT2D eigenvalue weighted by molar-refractivity contribution is 6.05. The molecule has 1 saturated heterocycles. The van der Waals surface area contributed by atoms with E-state index in [1.807, 2.05) is 25.1 Å². The Hall–Kier alpha value is -2.93. The van der Waals surface area contributed by atoms with E-state index in [0.29, 0.717) is 29.4 Å². The number of piperidine rings is 1. The molecule has 2 N–H and O–H groups in total. The van der Waals surface area contributed by atoms with E-state index in [2.05, 4.69) is 32.4 Å². The molecular weight excluding hydrogens is 402 g/mol. The largest absolute Gasteiger partial charge is 0.422 e. The Morgan fingerprint density at radius 2 is 1.84 bits per heavy atom. The Morgan fingerprint density at radius 1 is 1.06 bits per heavy atom. The highest BCUT2D eigenvalue weighted by Crippen LogP contribution is 2.32. The molecule has 3 aromatic rings. The van der Waals surface area contributed by atoms with E-state index in [1.165, 1.54) is 32.4 Å². The highest BCUT2D eigenvalue weighted by Gasteiger charge is 2.20. The summed E-state index contributed by atoms with van der Waals surface area (Å²) >= 11 is 0. The van der Waals surface area contributed by atoms with Gasteiger partial charge in [-0.3, -0.25) is 4.79 Å². The number of likely N-dealkylation sites (tertiary alicyclic amines) is 1. The van der Waals surface area contributed by atoms with Crippen LogP contribution in [0.3, 0.4) is 0 Å². The molecule has 4 rings (SSSR count). The number of aryl methyl sites for hydroxylation is 1. The van der Waals surface area contributed by atoms with Crippen molar-refractivity contribution in [3.63, 3.8) is 0 Å². The maximum Gasteiger partial charge on any atom is 0.256 e. The summed E-state index contributed by atoms with van der Waals surface area (Å²) in [6.07, 6.45) is 6.43. The van der Waals surface area contributed by atoms with Crippen LogP contribution in [0.2, 0.25) is 0 Å². The molecule has 0 radical (unpaired) electrons. The summed E-state index contributed by atoms with van der Waals surface area (Å²) in [7, 11) is 0. The maximum absolute atomic E-state index is 12.8. The standard InChI is InChI=1S/C25H33N5O2/c1-3-19-21(26-14-11-17-30-15-9-6-10-16-30)22-25(32-20(4-2)27-22)29-23(19)28-24(31)18-12-7-5-8-13-18/h5,7-8,12-13H,3-4,6,9-11,14-17H2,1-2H3,(H2,26,28,29,31). The lowest BCUT2D eigenvalue weighted by Gasteiger charge is -2.26. The van der Waals surface area contributed by atoms with Gasteiger partial charge >= 0.3 is 0 Å². The summed E-state index contributed by atoms with van der Waals surface area (Å²) in [5, 5.41) is 6.59. The number of pyridine rings is 1. The van der Waals surface area contributed by atoms with Crippen LogP contribution in [0, 0.1) is 0 Å². The number of anilines is 2. The fourth-order valence-electron chi connectivity index (χ4n) is 4.28. The van der Waals surface area contributed by atoms with Gasteiger partial charge in [0.15, 0.2) is 11.4 Å². The van der Waals surface area contributed by atoms with E-state index in [4.69, 9.17) is 4.42 Å². The molecule has 32 heavy (non-hydrogen) atoms. The second kappa shape index (κ2) is 10.6. The molecule has 7 nitrogen and oxygen atoms in total. The Morgan fingerprint density at radius 3 is 2.56 bits per heavy atom. The number of nitrogens with one attached hydrogen (secondary N) is 2. The SMILES string of the molecule is CCc1nc2c(NCCCN3CCCCC3)c(CC)c(NC(=O)c3ccccc3)nc2o1. The minimum absolute atomic E-state index is 0.182. The number of benzene rings is 1. The first-order valence-electron chi connectivity index (χ1n) is 11.8. The third-order valence-corrected chi connectivity index (χ3v) is 6.02. The van der Waals surface area contributed by atoms with Gasteiger partial charge < -0.3 is 20.0 Å². The molecule has 0 atom stereocenters. The number of rotatable bonds is 9. The molecule has 170 valence electrons. The van der Waals surface area contributed by atoms with Crippen molar-refractivity contribution < 1.29 is 9.21 Å². The second-order valence-corrected chi connectivity index (χ2v) is 8.29. The first kappa shape index (κ1) is 22.3. The van der Waals surface area contributed by atoms with Crippen LogP contribution in [0.25, 0.3) is 11.2 Å². The molecule has 0 bridgehead atoms. The van der Waals surface area contributed by atoms with Gasteiger partial charge in [-0.2, -0.15) is 4.98 Å². The summed E-state index contributed by atoms with van der Waals surface area (Å²) in [4.78, 5) is 24.7. The minimum atomic E-state index is -0.182. The van der Waals surface area contributed by atoms with Crippen molar-refractivity contribution in [2.75, 3.05) is 36.8 Å². The summed E-state index contributed by atoms with van der Waals surface area (Å²) < 4.78 is 5.87. The normalized spacial score (nSPS) is 14.6. The number of oxazole rings is 1. The van der Waals surface area contributed by atoms with Gasteiger partial charge in [-0.25, -0.2) is 4.98 Å². The molecule has 1 amide bonds. The van der Waals surface area contributed by atoms with E-state index >= 15 is 0 Å². The Kier molecular flexibility index (Phi) is 7.37. The summed E-state index contributed by atoms with van der Waals surface area (Å²) in [6.45, 7) is 8.43. The third kappa shape index (κ3) is 5.10. The Balaban J connectivity index is 1.57. The molecule has 1 aliphatic rings. The zero-order valence-electron chi connectivity index (χ0n) is 19.1. The molecule has 3 heterocycles. The minimum Gasteiger partial charge on any atom is -0.422 e. The highest BCUT2D eigenvalue weighted by atomic mass is 16.4. The number of hydrogen-bond acceptors (Lipinski definition) is 6. The predicted octanol–water partition coefficient (Wildman–Crippen LogP) is 4.89. The van der Waals surface area contributed by atoms with Gasteiger partial charge in [0, 0.05) is 24.1 Å². The molecule has 0 aliphatic carbocycles. The van der Waals surface area contributed by atoms with Crippen molar-refractivity contribution in [3.8, 4) is 0 Å². The predicted molar refractivity (Wildman–Crippen MR) is 128 cm³/mol. The van der Waals surface area contributed by atoms with Gasteiger partial charge in [0.1, 0.15) is 5.82 Å². The number of carbonyl (C=O) groups is 1. The number of nitrogens with zero attached hydrogens (tertiary/aromatic N) is 3. The van der Waals surface area contributed by atoms with E-state index in [1.54, 1.807) is 12.1 Å². The van der Waals surface area contributed by atoms with E-state index in [9.17, 15) is 4.79 Å². The number of fused-ring (bicyclic) bond motifs is 1. The lowest BCUT2D eigenvalue weighted by molar-refractivity contribution is 0.102. The molecule has 2 aromatic heterocycles. The lowest BCUT2D eigenvalue weighted by Crippen LogP contribution is -2.31. The second-order valence-electron chi connectivity index (χ2n) is 8.29. The topological polar surface area (TPSA) is 83.3 Å². The van der Waals surface area contributed by atoms with Crippen molar-refractivity contribution in [2.45, 2.75) is 52.4 Å². The number of aromatic nitrogens is 2. The van der Waals surface area contributed by atoms with Crippen molar-refractivity contribution in [2.24, 2.45) is 0 Å².